The fourth-order valence-corrected chi connectivity index (χ4v) is 2.26. The van der Waals surface area contributed by atoms with Crippen molar-refractivity contribution in [2.45, 2.75) is 20.0 Å². The second-order valence-corrected chi connectivity index (χ2v) is 5.34. The van der Waals surface area contributed by atoms with Gasteiger partial charge in [0.15, 0.2) is 0 Å². The highest BCUT2D eigenvalue weighted by Gasteiger charge is 2.15. The molecule has 19 heavy (non-hydrogen) atoms. The summed E-state index contributed by atoms with van der Waals surface area (Å²) in [6.07, 6.45) is -0.672. The van der Waals surface area contributed by atoms with E-state index in [1.54, 1.807) is 0 Å². The molecule has 0 amide bonds. The Kier molecular flexibility index (Phi) is 4.61. The number of aryl methyl sites for hydroxylation is 1. The van der Waals surface area contributed by atoms with Gasteiger partial charge in [0.2, 0.25) is 0 Å². The first-order valence-corrected chi connectivity index (χ1v) is 7.08. The molecule has 2 nitrogen and oxygen atoms in total. The number of aliphatic hydroxyl groups excluding tert-OH is 1. The molecule has 0 aliphatic carbocycles. The van der Waals surface area contributed by atoms with Crippen LogP contribution < -0.4 is 4.74 Å². The van der Waals surface area contributed by atoms with Crippen molar-refractivity contribution in [3.8, 4) is 5.75 Å². The molecule has 0 heterocycles. The number of benzene rings is 2. The Bertz CT molecular complexity index is 549. The molecule has 0 fully saturated rings. The monoisotopic (exact) mass is 320 g/mol. The van der Waals surface area contributed by atoms with Gasteiger partial charge in [-0.15, -0.1) is 0 Å². The van der Waals surface area contributed by atoms with E-state index in [0.717, 1.165) is 26.9 Å². The standard InChI is InChI=1S/C16H17BrO2/c1-3-19-15-9-4-11(2)10-14(15)16(18)12-5-7-13(17)8-6-12/h4-10,16,18H,3H2,1-2H3. The molecule has 0 aromatic heterocycles. The number of hydrogen-bond donors (Lipinski definition) is 1. The van der Waals surface area contributed by atoms with Crippen molar-refractivity contribution in [1.82, 2.24) is 0 Å². The Morgan fingerprint density at radius 2 is 1.84 bits per heavy atom. The molecule has 1 atom stereocenters. The Morgan fingerprint density at radius 3 is 2.47 bits per heavy atom. The maximum absolute atomic E-state index is 10.5. The average Bonchev–Trinajstić information content (AvgIpc) is 2.41. The summed E-state index contributed by atoms with van der Waals surface area (Å²) in [5.74, 6) is 0.739. The van der Waals surface area contributed by atoms with Crippen molar-refractivity contribution in [2.24, 2.45) is 0 Å². The SMILES string of the molecule is CCOc1ccc(C)cc1C(O)c1ccc(Br)cc1. The predicted octanol–water partition coefficient (Wildman–Crippen LogP) is 4.24. The zero-order valence-electron chi connectivity index (χ0n) is 11.1. The van der Waals surface area contributed by atoms with Gasteiger partial charge in [0, 0.05) is 10.0 Å². The van der Waals surface area contributed by atoms with Gasteiger partial charge in [-0.3, -0.25) is 0 Å². The van der Waals surface area contributed by atoms with Gasteiger partial charge in [0.25, 0.3) is 0 Å². The molecule has 0 spiro atoms. The van der Waals surface area contributed by atoms with Gasteiger partial charge in [-0.1, -0.05) is 39.7 Å². The summed E-state index contributed by atoms with van der Waals surface area (Å²) in [6.45, 7) is 4.53. The van der Waals surface area contributed by atoms with Crippen LogP contribution in [0.15, 0.2) is 46.9 Å². The third kappa shape index (κ3) is 3.37. The van der Waals surface area contributed by atoms with Gasteiger partial charge in [0.1, 0.15) is 11.9 Å². The lowest BCUT2D eigenvalue weighted by Gasteiger charge is -2.17. The summed E-state index contributed by atoms with van der Waals surface area (Å²) in [4.78, 5) is 0. The Balaban J connectivity index is 2.39. The van der Waals surface area contributed by atoms with Crippen LogP contribution in [0.3, 0.4) is 0 Å². The largest absolute Gasteiger partial charge is 0.493 e. The fraction of sp³-hybridized carbons (Fsp3) is 0.250. The minimum atomic E-state index is -0.672. The van der Waals surface area contributed by atoms with Crippen molar-refractivity contribution in [2.75, 3.05) is 6.61 Å². The third-order valence-corrected chi connectivity index (χ3v) is 3.47. The molecule has 3 heteroatoms. The van der Waals surface area contributed by atoms with Crippen molar-refractivity contribution in [3.05, 3.63) is 63.6 Å². The van der Waals surface area contributed by atoms with Crippen LogP contribution in [0.5, 0.6) is 5.75 Å². The molecule has 1 unspecified atom stereocenters. The van der Waals surface area contributed by atoms with Crippen LogP contribution in [0.25, 0.3) is 0 Å². The lowest BCUT2D eigenvalue weighted by molar-refractivity contribution is 0.212. The molecule has 100 valence electrons. The Labute approximate surface area is 122 Å². The molecule has 0 saturated heterocycles. The molecule has 0 aliphatic rings. The van der Waals surface area contributed by atoms with Gasteiger partial charge in [0.05, 0.1) is 6.61 Å². The summed E-state index contributed by atoms with van der Waals surface area (Å²) in [6, 6.07) is 13.5. The molecule has 2 aromatic rings. The maximum Gasteiger partial charge on any atom is 0.125 e. The normalized spacial score (nSPS) is 12.2. The minimum absolute atomic E-state index is 0.586. The van der Waals surface area contributed by atoms with Crippen LogP contribution in [0.2, 0.25) is 0 Å². The molecule has 1 N–H and O–H groups in total. The molecule has 0 bridgehead atoms. The summed E-state index contributed by atoms with van der Waals surface area (Å²) in [7, 11) is 0. The highest BCUT2D eigenvalue weighted by molar-refractivity contribution is 9.10. The Morgan fingerprint density at radius 1 is 1.16 bits per heavy atom. The summed E-state index contributed by atoms with van der Waals surface area (Å²) < 4.78 is 6.59. The van der Waals surface area contributed by atoms with E-state index >= 15 is 0 Å². The minimum Gasteiger partial charge on any atom is -0.493 e. The number of aliphatic hydroxyl groups is 1. The number of rotatable bonds is 4. The van der Waals surface area contributed by atoms with E-state index in [4.69, 9.17) is 4.74 Å². The second kappa shape index (κ2) is 6.22. The summed E-state index contributed by atoms with van der Waals surface area (Å²) in [5.41, 5.74) is 2.77. The molecular formula is C16H17BrO2. The molecule has 0 radical (unpaired) electrons. The quantitative estimate of drug-likeness (QED) is 0.913. The van der Waals surface area contributed by atoms with Gasteiger partial charge in [-0.05, 0) is 43.7 Å². The molecule has 0 aliphatic heterocycles. The van der Waals surface area contributed by atoms with Gasteiger partial charge < -0.3 is 9.84 Å². The second-order valence-electron chi connectivity index (χ2n) is 4.43. The molecule has 2 aromatic carbocycles. The maximum atomic E-state index is 10.5. The molecule has 2 rings (SSSR count). The van der Waals surface area contributed by atoms with Crippen LogP contribution >= 0.6 is 15.9 Å². The van der Waals surface area contributed by atoms with E-state index in [-0.39, 0.29) is 0 Å². The number of halogens is 1. The van der Waals surface area contributed by atoms with Crippen LogP contribution in [-0.2, 0) is 0 Å². The van der Waals surface area contributed by atoms with Crippen LogP contribution in [0, 0.1) is 6.92 Å². The van der Waals surface area contributed by atoms with Gasteiger partial charge in [-0.2, -0.15) is 0 Å². The van der Waals surface area contributed by atoms with Crippen molar-refractivity contribution in [1.29, 1.82) is 0 Å². The smallest absolute Gasteiger partial charge is 0.125 e. The zero-order valence-corrected chi connectivity index (χ0v) is 12.6. The van der Waals surface area contributed by atoms with E-state index in [1.165, 1.54) is 0 Å². The third-order valence-electron chi connectivity index (χ3n) is 2.95. The first-order valence-electron chi connectivity index (χ1n) is 6.28. The van der Waals surface area contributed by atoms with Crippen molar-refractivity contribution < 1.29 is 9.84 Å². The lowest BCUT2D eigenvalue weighted by atomic mass is 9.99. The van der Waals surface area contributed by atoms with E-state index in [1.807, 2.05) is 56.3 Å². The first-order chi connectivity index (χ1) is 9.11. The van der Waals surface area contributed by atoms with E-state index in [9.17, 15) is 5.11 Å². The first kappa shape index (κ1) is 14.1. The molecule has 0 saturated carbocycles. The highest BCUT2D eigenvalue weighted by atomic mass is 79.9. The van der Waals surface area contributed by atoms with Crippen molar-refractivity contribution in [3.63, 3.8) is 0 Å². The van der Waals surface area contributed by atoms with Gasteiger partial charge >= 0.3 is 0 Å². The van der Waals surface area contributed by atoms with E-state index in [0.29, 0.717) is 6.61 Å². The summed E-state index contributed by atoms with van der Waals surface area (Å²) >= 11 is 3.40. The topological polar surface area (TPSA) is 29.5 Å². The summed E-state index contributed by atoms with van der Waals surface area (Å²) in [5, 5.41) is 10.5. The van der Waals surface area contributed by atoms with E-state index < -0.39 is 6.10 Å². The zero-order chi connectivity index (χ0) is 13.8. The van der Waals surface area contributed by atoms with Crippen LogP contribution in [0.4, 0.5) is 0 Å². The highest BCUT2D eigenvalue weighted by Crippen LogP contribution is 2.31. The number of hydrogen-bond acceptors (Lipinski definition) is 2. The van der Waals surface area contributed by atoms with Gasteiger partial charge in [-0.25, -0.2) is 0 Å². The number of ether oxygens (including phenoxy) is 1. The predicted molar refractivity (Wildman–Crippen MR) is 80.6 cm³/mol. The molecular weight excluding hydrogens is 304 g/mol. The van der Waals surface area contributed by atoms with Crippen LogP contribution in [-0.4, -0.2) is 11.7 Å². The fourth-order valence-electron chi connectivity index (χ4n) is 1.99. The van der Waals surface area contributed by atoms with Crippen molar-refractivity contribution >= 4 is 15.9 Å². The lowest BCUT2D eigenvalue weighted by Crippen LogP contribution is -2.04. The Hall–Kier alpha value is -1.32. The van der Waals surface area contributed by atoms with E-state index in [2.05, 4.69) is 15.9 Å². The van der Waals surface area contributed by atoms with Crippen LogP contribution in [0.1, 0.15) is 29.7 Å². The average molecular weight is 321 g/mol.